The fourth-order valence-electron chi connectivity index (χ4n) is 0.461. The Hall–Kier alpha value is -0.680. The van der Waals surface area contributed by atoms with Crippen LogP contribution in [-0.2, 0) is 0 Å². The molecule has 0 saturated heterocycles. The smallest absolute Gasteiger partial charge is 0.0296 e. The van der Waals surface area contributed by atoms with Crippen molar-refractivity contribution < 1.29 is 0 Å². The van der Waals surface area contributed by atoms with Crippen LogP contribution in [0, 0.1) is 5.41 Å². The molecule has 1 aromatic heterocycles. The first kappa shape index (κ1) is 5.46. The fourth-order valence-corrected chi connectivity index (χ4v) is 1.07. The molecule has 1 rings (SSSR count). The molecule has 0 radical (unpaired) electrons. The summed E-state index contributed by atoms with van der Waals surface area (Å²) < 4.78 is 0. The molecule has 0 aliphatic carbocycles. The van der Waals surface area contributed by atoms with Gasteiger partial charge in [0.15, 0.2) is 0 Å². The van der Waals surface area contributed by atoms with Gasteiger partial charge in [-0.05, 0) is 11.9 Å². The second-order valence-corrected chi connectivity index (χ2v) is 2.47. The molecule has 0 aliphatic rings. The van der Waals surface area contributed by atoms with Crippen LogP contribution < -0.4 is 0 Å². The molecule has 1 nitrogen and oxygen atoms in total. The van der Waals surface area contributed by atoms with Gasteiger partial charge in [-0.25, -0.2) is 0 Å². The van der Waals surface area contributed by atoms with E-state index in [0.717, 1.165) is 13.5 Å². The van der Waals surface area contributed by atoms with E-state index in [1.54, 1.807) is 0 Å². The summed E-state index contributed by atoms with van der Waals surface area (Å²) in [4.78, 5) is 0. The first-order valence-electron chi connectivity index (χ1n) is 2.35. The summed E-state index contributed by atoms with van der Waals surface area (Å²) in [5.41, 5.74) is 0. The van der Waals surface area contributed by atoms with Crippen LogP contribution in [0.2, 0.25) is 0 Å². The fraction of sp³-hybridized carbons (Fsp3) is 0. The van der Waals surface area contributed by atoms with Crippen molar-refractivity contribution in [2.45, 2.75) is 0 Å². The third-order valence-electron chi connectivity index (χ3n) is 0.836. The SMILES string of the molecule is N=Cc1ccccp1. The maximum atomic E-state index is 6.84. The van der Waals surface area contributed by atoms with Crippen LogP contribution in [0.1, 0.15) is 5.30 Å². The van der Waals surface area contributed by atoms with Crippen LogP contribution in [0.25, 0.3) is 0 Å². The van der Waals surface area contributed by atoms with Crippen molar-refractivity contribution >= 4 is 14.4 Å². The second kappa shape index (κ2) is 2.58. The van der Waals surface area contributed by atoms with Crippen molar-refractivity contribution in [3.63, 3.8) is 0 Å². The zero-order valence-corrected chi connectivity index (χ0v) is 5.23. The van der Waals surface area contributed by atoms with Gasteiger partial charge in [0.05, 0.1) is 0 Å². The normalized spacial score (nSPS) is 9.50. The Morgan fingerprint density at radius 1 is 1.50 bits per heavy atom. The predicted octanol–water partition coefficient (Wildman–Crippen LogP) is 2.26. The van der Waals surface area contributed by atoms with Crippen molar-refractivity contribution in [3.8, 4) is 0 Å². The van der Waals surface area contributed by atoms with Gasteiger partial charge in [-0.2, -0.15) is 0 Å². The minimum atomic E-state index is 1.05. The van der Waals surface area contributed by atoms with Crippen molar-refractivity contribution in [2.24, 2.45) is 0 Å². The highest BCUT2D eigenvalue weighted by Crippen LogP contribution is 2.08. The average Bonchev–Trinajstić information content (AvgIpc) is 1.90. The zero-order chi connectivity index (χ0) is 5.82. The average molecular weight is 123 g/mol. The summed E-state index contributed by atoms with van der Waals surface area (Å²) >= 11 is 0. The summed E-state index contributed by atoms with van der Waals surface area (Å²) in [6, 6.07) is 5.86. The largest absolute Gasteiger partial charge is 0.308 e. The Morgan fingerprint density at radius 2 is 2.38 bits per heavy atom. The molecule has 0 fully saturated rings. The van der Waals surface area contributed by atoms with E-state index in [0.29, 0.717) is 0 Å². The highest BCUT2D eigenvalue weighted by Gasteiger charge is 1.78. The molecule has 2 heteroatoms. The van der Waals surface area contributed by atoms with Gasteiger partial charge < -0.3 is 5.41 Å². The predicted molar refractivity (Wildman–Crippen MR) is 36.8 cm³/mol. The van der Waals surface area contributed by atoms with E-state index >= 15 is 0 Å². The van der Waals surface area contributed by atoms with Crippen LogP contribution in [0.4, 0.5) is 0 Å². The van der Waals surface area contributed by atoms with Crippen LogP contribution >= 0.6 is 8.19 Å². The molecule has 1 heterocycles. The molecule has 0 saturated carbocycles. The van der Waals surface area contributed by atoms with Crippen molar-refractivity contribution in [1.29, 1.82) is 5.41 Å². The van der Waals surface area contributed by atoms with E-state index < -0.39 is 0 Å². The lowest BCUT2D eigenvalue weighted by molar-refractivity contribution is 1.57. The Labute approximate surface area is 50.0 Å². The maximum absolute atomic E-state index is 6.84. The van der Waals surface area contributed by atoms with Gasteiger partial charge in [-0.1, -0.05) is 20.3 Å². The van der Waals surface area contributed by atoms with Crippen molar-refractivity contribution in [2.75, 3.05) is 0 Å². The monoisotopic (exact) mass is 123 g/mol. The van der Waals surface area contributed by atoms with E-state index in [1.165, 1.54) is 6.21 Å². The maximum Gasteiger partial charge on any atom is 0.0296 e. The number of hydrogen-bond acceptors (Lipinski definition) is 1. The van der Waals surface area contributed by atoms with Crippen molar-refractivity contribution in [1.82, 2.24) is 0 Å². The molecule has 0 spiro atoms. The highest BCUT2D eigenvalue weighted by molar-refractivity contribution is 7.31. The lowest BCUT2D eigenvalue weighted by atomic mass is 10.5. The van der Waals surface area contributed by atoms with Gasteiger partial charge in [-0.15, -0.1) is 0 Å². The summed E-state index contributed by atoms with van der Waals surface area (Å²) in [5.74, 6) is 2.01. The molecular formula is C6H6NP. The molecule has 0 bridgehead atoms. The van der Waals surface area contributed by atoms with E-state index in [1.807, 2.05) is 24.0 Å². The molecule has 8 heavy (non-hydrogen) atoms. The third kappa shape index (κ3) is 1.14. The lowest BCUT2D eigenvalue weighted by Gasteiger charge is -1.83. The quantitative estimate of drug-likeness (QED) is 0.554. The summed E-state index contributed by atoms with van der Waals surface area (Å²) in [5, 5.41) is 7.89. The minimum absolute atomic E-state index is 1.05. The molecule has 0 aromatic carbocycles. The first-order chi connectivity index (χ1) is 3.93. The summed E-state index contributed by atoms with van der Waals surface area (Å²) in [6.45, 7) is 0. The molecule has 0 amide bonds. The zero-order valence-electron chi connectivity index (χ0n) is 4.33. The Bertz CT molecular complexity index is 171. The van der Waals surface area contributed by atoms with E-state index in [4.69, 9.17) is 5.41 Å². The lowest BCUT2D eigenvalue weighted by Crippen LogP contribution is -1.66. The molecule has 0 atom stereocenters. The Kier molecular flexibility index (Phi) is 1.76. The molecule has 40 valence electrons. The molecule has 1 N–H and O–H groups in total. The van der Waals surface area contributed by atoms with Crippen LogP contribution in [-0.4, -0.2) is 6.21 Å². The standard InChI is InChI=1S/C6H6NP/c7-5-6-3-1-2-4-8-6/h1-5,7H. The minimum Gasteiger partial charge on any atom is -0.308 e. The summed E-state index contributed by atoms with van der Waals surface area (Å²) in [6.07, 6.45) is 1.38. The van der Waals surface area contributed by atoms with Gasteiger partial charge in [0.1, 0.15) is 0 Å². The second-order valence-electron chi connectivity index (χ2n) is 1.40. The van der Waals surface area contributed by atoms with E-state index in [-0.39, 0.29) is 0 Å². The van der Waals surface area contributed by atoms with Crippen LogP contribution in [0.3, 0.4) is 0 Å². The molecule has 1 aromatic rings. The van der Waals surface area contributed by atoms with Gasteiger partial charge in [0, 0.05) is 11.5 Å². The number of rotatable bonds is 1. The number of hydrogen-bond donors (Lipinski definition) is 1. The van der Waals surface area contributed by atoms with E-state index in [2.05, 4.69) is 0 Å². The molecule has 0 unspecified atom stereocenters. The van der Waals surface area contributed by atoms with Gasteiger partial charge in [0.25, 0.3) is 0 Å². The van der Waals surface area contributed by atoms with Gasteiger partial charge in [-0.3, -0.25) is 0 Å². The first-order valence-corrected chi connectivity index (χ1v) is 3.31. The Balaban J connectivity index is 2.99. The van der Waals surface area contributed by atoms with Gasteiger partial charge in [0.2, 0.25) is 0 Å². The highest BCUT2D eigenvalue weighted by atomic mass is 31.0. The summed E-state index contributed by atoms with van der Waals surface area (Å²) in [7, 11) is 1.13. The van der Waals surface area contributed by atoms with Gasteiger partial charge >= 0.3 is 0 Å². The topological polar surface area (TPSA) is 23.9 Å². The molecule has 0 aliphatic heterocycles. The van der Waals surface area contributed by atoms with Crippen LogP contribution in [0.5, 0.6) is 0 Å². The van der Waals surface area contributed by atoms with Crippen molar-refractivity contribution in [3.05, 3.63) is 29.3 Å². The van der Waals surface area contributed by atoms with E-state index in [9.17, 15) is 0 Å². The third-order valence-corrected chi connectivity index (χ3v) is 1.73. The Morgan fingerprint density at radius 3 is 2.75 bits per heavy atom. The number of nitrogens with one attached hydrogen (secondary N) is 1. The van der Waals surface area contributed by atoms with Crippen LogP contribution in [0.15, 0.2) is 24.0 Å². The molecular weight excluding hydrogens is 117 g/mol.